The molecule has 1 atom stereocenters. The summed E-state index contributed by atoms with van der Waals surface area (Å²) in [4.78, 5) is 23.7. The van der Waals surface area contributed by atoms with Crippen LogP contribution in [0.1, 0.15) is 18.4 Å². The summed E-state index contributed by atoms with van der Waals surface area (Å²) in [6, 6.07) is 5.89. The molecule has 0 aliphatic carbocycles. The van der Waals surface area contributed by atoms with Crippen LogP contribution in [0.25, 0.3) is 6.08 Å². The number of hydrogen-bond donors (Lipinski definition) is 1. The van der Waals surface area contributed by atoms with Gasteiger partial charge in [-0.05, 0) is 36.6 Å². The Morgan fingerprint density at radius 2 is 2.15 bits per heavy atom. The second-order valence-corrected chi connectivity index (χ2v) is 4.69. The topological polar surface area (TPSA) is 83.7 Å². The number of rotatable bonds is 4. The van der Waals surface area contributed by atoms with Crippen molar-refractivity contribution in [2.75, 3.05) is 13.2 Å². The third-order valence-electron chi connectivity index (χ3n) is 3.39. The lowest BCUT2D eigenvalue weighted by atomic mass is 10.2. The van der Waals surface area contributed by atoms with E-state index >= 15 is 0 Å². The highest BCUT2D eigenvalue weighted by molar-refractivity contribution is 5.92. The Labute approximate surface area is 116 Å². The smallest absolute Gasteiger partial charge is 0.269 e. The summed E-state index contributed by atoms with van der Waals surface area (Å²) in [6.07, 6.45) is 4.80. The van der Waals surface area contributed by atoms with Crippen molar-refractivity contribution in [3.05, 3.63) is 46.0 Å². The zero-order chi connectivity index (χ0) is 14.5. The molecule has 6 heteroatoms. The van der Waals surface area contributed by atoms with Crippen molar-refractivity contribution in [2.45, 2.75) is 18.9 Å². The Balaban J connectivity index is 2.01. The molecule has 106 valence electrons. The van der Waals surface area contributed by atoms with Gasteiger partial charge in [-0.15, -0.1) is 0 Å². The molecule has 2 rings (SSSR count). The molecule has 0 spiro atoms. The van der Waals surface area contributed by atoms with E-state index in [2.05, 4.69) is 0 Å². The molecule has 6 nitrogen and oxygen atoms in total. The van der Waals surface area contributed by atoms with Gasteiger partial charge in [-0.2, -0.15) is 0 Å². The molecule has 1 aliphatic rings. The van der Waals surface area contributed by atoms with E-state index in [4.69, 9.17) is 0 Å². The third-order valence-corrected chi connectivity index (χ3v) is 3.39. The Morgan fingerprint density at radius 3 is 2.75 bits per heavy atom. The Kier molecular flexibility index (Phi) is 4.47. The molecule has 1 aromatic carbocycles. The van der Waals surface area contributed by atoms with Crippen molar-refractivity contribution in [1.29, 1.82) is 0 Å². The van der Waals surface area contributed by atoms with Gasteiger partial charge in [-0.3, -0.25) is 14.9 Å². The van der Waals surface area contributed by atoms with Crippen LogP contribution in [0.15, 0.2) is 30.3 Å². The fraction of sp³-hybridized carbons (Fsp3) is 0.357. The lowest BCUT2D eigenvalue weighted by Crippen LogP contribution is -2.36. The van der Waals surface area contributed by atoms with Crippen molar-refractivity contribution in [2.24, 2.45) is 0 Å². The molecule has 20 heavy (non-hydrogen) atoms. The lowest BCUT2D eigenvalue weighted by Gasteiger charge is -2.21. The van der Waals surface area contributed by atoms with Gasteiger partial charge in [-0.1, -0.05) is 0 Å². The molecule has 1 saturated heterocycles. The number of likely N-dealkylation sites (tertiary alicyclic amines) is 1. The molecule has 0 aromatic heterocycles. The second-order valence-electron chi connectivity index (χ2n) is 4.69. The van der Waals surface area contributed by atoms with E-state index in [0.29, 0.717) is 6.54 Å². The molecule has 0 unspecified atom stereocenters. The zero-order valence-electron chi connectivity index (χ0n) is 10.9. The maximum Gasteiger partial charge on any atom is 0.269 e. The van der Waals surface area contributed by atoms with Gasteiger partial charge in [-0.25, -0.2) is 0 Å². The minimum Gasteiger partial charge on any atom is -0.394 e. The highest BCUT2D eigenvalue weighted by Gasteiger charge is 2.26. The number of amides is 1. The fourth-order valence-electron chi connectivity index (χ4n) is 2.29. The molecule has 0 bridgehead atoms. The number of aliphatic hydroxyl groups is 1. The summed E-state index contributed by atoms with van der Waals surface area (Å²) < 4.78 is 0. The predicted molar refractivity (Wildman–Crippen MR) is 74.0 cm³/mol. The van der Waals surface area contributed by atoms with E-state index in [-0.39, 0.29) is 24.2 Å². The van der Waals surface area contributed by atoms with Gasteiger partial charge in [0.1, 0.15) is 0 Å². The summed E-state index contributed by atoms with van der Waals surface area (Å²) in [6.45, 7) is 0.645. The molecule has 0 saturated carbocycles. The van der Waals surface area contributed by atoms with Crippen molar-refractivity contribution in [1.82, 2.24) is 4.90 Å². The first-order valence-electron chi connectivity index (χ1n) is 6.46. The number of carbonyl (C=O) groups is 1. The number of nitro groups is 1. The highest BCUT2D eigenvalue weighted by Crippen LogP contribution is 2.18. The van der Waals surface area contributed by atoms with Crippen molar-refractivity contribution in [3.8, 4) is 0 Å². The molecular weight excluding hydrogens is 260 g/mol. The number of hydrogen-bond acceptors (Lipinski definition) is 4. The summed E-state index contributed by atoms with van der Waals surface area (Å²) >= 11 is 0. The SMILES string of the molecule is O=C(/C=C/c1ccc([N+](=O)[O-])cc1)N1CCC[C@@H]1CO. The van der Waals surface area contributed by atoms with Crippen LogP contribution in [0.2, 0.25) is 0 Å². The van der Waals surface area contributed by atoms with Crippen LogP contribution in [0.5, 0.6) is 0 Å². The molecule has 1 heterocycles. The maximum absolute atomic E-state index is 12.0. The number of aliphatic hydroxyl groups excluding tert-OH is 1. The first kappa shape index (κ1) is 14.2. The van der Waals surface area contributed by atoms with Gasteiger partial charge >= 0.3 is 0 Å². The van der Waals surface area contributed by atoms with Crippen molar-refractivity contribution < 1.29 is 14.8 Å². The van der Waals surface area contributed by atoms with Crippen molar-refractivity contribution >= 4 is 17.7 Å². The summed E-state index contributed by atoms with van der Waals surface area (Å²) in [7, 11) is 0. The molecule has 1 N–H and O–H groups in total. The fourth-order valence-corrected chi connectivity index (χ4v) is 2.29. The molecule has 1 amide bonds. The van der Waals surface area contributed by atoms with Crippen LogP contribution in [0.4, 0.5) is 5.69 Å². The third kappa shape index (κ3) is 3.21. The van der Waals surface area contributed by atoms with Crippen LogP contribution in [-0.4, -0.2) is 40.0 Å². The summed E-state index contributed by atoms with van der Waals surface area (Å²) in [5.41, 5.74) is 0.747. The van der Waals surface area contributed by atoms with Gasteiger partial charge in [0.05, 0.1) is 17.6 Å². The highest BCUT2D eigenvalue weighted by atomic mass is 16.6. The molecule has 0 radical (unpaired) electrons. The van der Waals surface area contributed by atoms with Gasteiger partial charge < -0.3 is 10.0 Å². The average molecular weight is 276 g/mol. The number of nitrogens with zero attached hydrogens (tertiary/aromatic N) is 2. The minimum absolute atomic E-state index is 0.0168. The molecular formula is C14H16N2O4. The van der Waals surface area contributed by atoms with E-state index < -0.39 is 4.92 Å². The standard InChI is InChI=1S/C14H16N2O4/c17-10-13-2-1-9-15(13)14(18)8-5-11-3-6-12(7-4-11)16(19)20/h3-8,13,17H,1-2,9-10H2/b8-5+/t13-/m1/s1. The zero-order valence-corrected chi connectivity index (χ0v) is 10.9. The second kappa shape index (κ2) is 6.29. The van der Waals surface area contributed by atoms with Crippen LogP contribution in [-0.2, 0) is 4.79 Å². The first-order chi connectivity index (χ1) is 9.61. The average Bonchev–Trinajstić information content (AvgIpc) is 2.93. The quantitative estimate of drug-likeness (QED) is 0.514. The lowest BCUT2D eigenvalue weighted by molar-refractivity contribution is -0.384. The summed E-state index contributed by atoms with van der Waals surface area (Å²) in [5.74, 6) is -0.139. The summed E-state index contributed by atoms with van der Waals surface area (Å²) in [5, 5.41) is 19.7. The van der Waals surface area contributed by atoms with Gasteiger partial charge in [0, 0.05) is 24.8 Å². The predicted octanol–water partition coefficient (Wildman–Crippen LogP) is 1.59. The molecule has 1 aromatic rings. The monoisotopic (exact) mass is 276 g/mol. The van der Waals surface area contributed by atoms with Crippen LogP contribution in [0, 0.1) is 10.1 Å². The maximum atomic E-state index is 12.0. The first-order valence-corrected chi connectivity index (χ1v) is 6.46. The van der Waals surface area contributed by atoms with E-state index in [9.17, 15) is 20.0 Å². The normalized spacial score (nSPS) is 18.6. The molecule has 1 fully saturated rings. The van der Waals surface area contributed by atoms with Crippen LogP contribution < -0.4 is 0 Å². The largest absolute Gasteiger partial charge is 0.394 e. The Bertz CT molecular complexity index is 524. The number of nitro benzene ring substituents is 1. The Morgan fingerprint density at radius 1 is 1.45 bits per heavy atom. The van der Waals surface area contributed by atoms with Crippen LogP contribution >= 0.6 is 0 Å². The van der Waals surface area contributed by atoms with E-state index in [0.717, 1.165) is 18.4 Å². The number of carbonyl (C=O) groups excluding carboxylic acids is 1. The van der Waals surface area contributed by atoms with Gasteiger partial charge in [0.2, 0.25) is 5.91 Å². The Hall–Kier alpha value is -2.21. The molecule has 1 aliphatic heterocycles. The number of benzene rings is 1. The minimum atomic E-state index is -0.464. The van der Waals surface area contributed by atoms with Gasteiger partial charge in [0.25, 0.3) is 5.69 Å². The van der Waals surface area contributed by atoms with E-state index in [1.807, 2.05) is 0 Å². The van der Waals surface area contributed by atoms with E-state index in [1.165, 1.54) is 18.2 Å². The van der Waals surface area contributed by atoms with Crippen LogP contribution in [0.3, 0.4) is 0 Å². The van der Waals surface area contributed by atoms with Crippen molar-refractivity contribution in [3.63, 3.8) is 0 Å². The van der Waals surface area contributed by atoms with Gasteiger partial charge in [0.15, 0.2) is 0 Å². The number of non-ortho nitro benzene ring substituents is 1. The van der Waals surface area contributed by atoms with E-state index in [1.54, 1.807) is 23.1 Å².